The number of primary amides is 1. The molecule has 0 radical (unpaired) electrons. The number of aliphatic imine (C=N–C) groups is 1. The first kappa shape index (κ1) is 19.1. The zero-order valence-electron chi connectivity index (χ0n) is 13.0. The Bertz CT molecular complexity index is 603. The molecule has 2 rings (SSSR count). The van der Waals surface area contributed by atoms with Gasteiger partial charge in [0.05, 0.1) is 4.83 Å². The molecular formula is C18H21BrN2O2. The van der Waals surface area contributed by atoms with E-state index in [1.165, 1.54) is 0 Å². The van der Waals surface area contributed by atoms with Gasteiger partial charge in [-0.05, 0) is 24.1 Å². The Morgan fingerprint density at radius 3 is 2.13 bits per heavy atom. The number of aliphatic hydroxyl groups is 1. The first-order valence-electron chi connectivity index (χ1n) is 7.29. The van der Waals surface area contributed by atoms with Crippen molar-refractivity contribution in [1.29, 1.82) is 0 Å². The monoisotopic (exact) mass is 376 g/mol. The summed E-state index contributed by atoms with van der Waals surface area (Å²) < 4.78 is 0. The van der Waals surface area contributed by atoms with E-state index in [0.29, 0.717) is 5.56 Å². The molecule has 0 saturated heterocycles. The highest BCUT2D eigenvalue weighted by Crippen LogP contribution is 2.10. The molecule has 2 aromatic carbocycles. The van der Waals surface area contributed by atoms with Crippen LogP contribution in [0.25, 0.3) is 0 Å². The van der Waals surface area contributed by atoms with Gasteiger partial charge in [0.2, 0.25) is 5.91 Å². The Balaban J connectivity index is 0.000000253. The van der Waals surface area contributed by atoms with Crippen molar-refractivity contribution in [1.82, 2.24) is 0 Å². The Morgan fingerprint density at radius 2 is 1.70 bits per heavy atom. The molecule has 3 N–H and O–H groups in total. The maximum atomic E-state index is 10.4. The van der Waals surface area contributed by atoms with Crippen molar-refractivity contribution >= 4 is 28.1 Å². The molecule has 0 heterocycles. The van der Waals surface area contributed by atoms with Crippen LogP contribution in [0.4, 0.5) is 0 Å². The summed E-state index contributed by atoms with van der Waals surface area (Å²) in [5, 5.41) is 9.53. The van der Waals surface area contributed by atoms with Crippen LogP contribution in [0.2, 0.25) is 0 Å². The van der Waals surface area contributed by atoms with Gasteiger partial charge in [0.25, 0.3) is 0 Å². The molecule has 0 aromatic heterocycles. The van der Waals surface area contributed by atoms with Crippen LogP contribution in [0.5, 0.6) is 0 Å². The molecule has 0 fully saturated rings. The van der Waals surface area contributed by atoms with Gasteiger partial charge in [-0.3, -0.25) is 9.79 Å². The van der Waals surface area contributed by atoms with Gasteiger partial charge < -0.3 is 10.8 Å². The van der Waals surface area contributed by atoms with Gasteiger partial charge in [-0.2, -0.15) is 0 Å². The SMILES string of the molecule is CCC(Br)C(O)N=Cc1ccccc1.NC(=O)c1ccccc1. The number of hydrogen-bond donors (Lipinski definition) is 2. The van der Waals surface area contributed by atoms with Gasteiger partial charge in [0, 0.05) is 11.8 Å². The van der Waals surface area contributed by atoms with E-state index in [1.54, 1.807) is 30.5 Å². The topological polar surface area (TPSA) is 75.7 Å². The van der Waals surface area contributed by atoms with Gasteiger partial charge >= 0.3 is 0 Å². The number of rotatable bonds is 5. The number of halogens is 1. The molecule has 2 aromatic rings. The molecule has 0 bridgehead atoms. The van der Waals surface area contributed by atoms with Crippen molar-refractivity contribution < 1.29 is 9.90 Å². The van der Waals surface area contributed by atoms with Crippen molar-refractivity contribution in [2.75, 3.05) is 0 Å². The Hall–Kier alpha value is -1.98. The first-order valence-corrected chi connectivity index (χ1v) is 8.21. The summed E-state index contributed by atoms with van der Waals surface area (Å²) >= 11 is 3.35. The molecule has 0 aliphatic rings. The third kappa shape index (κ3) is 7.72. The normalized spacial score (nSPS) is 13.0. The minimum Gasteiger partial charge on any atom is -0.371 e. The summed E-state index contributed by atoms with van der Waals surface area (Å²) in [5.41, 5.74) is 6.53. The van der Waals surface area contributed by atoms with Crippen LogP contribution in [-0.2, 0) is 0 Å². The maximum absolute atomic E-state index is 10.4. The van der Waals surface area contributed by atoms with Crippen LogP contribution in [0.15, 0.2) is 65.7 Å². The predicted octanol–water partition coefficient (Wildman–Crippen LogP) is 3.38. The number of benzene rings is 2. The molecule has 0 aliphatic heterocycles. The number of aliphatic hydroxyl groups excluding tert-OH is 1. The van der Waals surface area contributed by atoms with E-state index in [1.807, 2.05) is 43.3 Å². The minimum atomic E-state index is -0.666. The van der Waals surface area contributed by atoms with Crippen molar-refractivity contribution in [3.8, 4) is 0 Å². The third-order valence-corrected chi connectivity index (χ3v) is 4.07. The number of alkyl halides is 1. The highest BCUT2D eigenvalue weighted by Gasteiger charge is 2.10. The number of hydrogen-bond acceptors (Lipinski definition) is 3. The molecule has 122 valence electrons. The standard InChI is InChI=1S/C11H14BrNO.C7H7NO/c1-2-10(12)11(14)13-8-9-6-4-3-5-7-9;8-7(9)6-4-2-1-3-5-6/h3-8,10-11,14H,2H2,1H3;1-5H,(H2,8,9). The highest BCUT2D eigenvalue weighted by atomic mass is 79.9. The Morgan fingerprint density at radius 1 is 1.17 bits per heavy atom. The second kappa shape index (κ2) is 10.7. The third-order valence-electron chi connectivity index (χ3n) is 2.95. The number of amides is 1. The number of carbonyl (C=O) groups is 1. The fourth-order valence-corrected chi connectivity index (χ4v) is 1.74. The molecule has 5 heteroatoms. The lowest BCUT2D eigenvalue weighted by molar-refractivity contribution is 0.100. The minimum absolute atomic E-state index is 0.0301. The summed E-state index contributed by atoms with van der Waals surface area (Å²) in [6.07, 6.45) is 1.88. The molecule has 0 aliphatic carbocycles. The van der Waals surface area contributed by atoms with Crippen LogP contribution >= 0.6 is 15.9 Å². The zero-order valence-corrected chi connectivity index (χ0v) is 14.6. The average Bonchev–Trinajstić information content (AvgIpc) is 2.61. The van der Waals surface area contributed by atoms with E-state index >= 15 is 0 Å². The van der Waals surface area contributed by atoms with Crippen LogP contribution < -0.4 is 5.73 Å². The summed E-state index contributed by atoms with van der Waals surface area (Å²) in [6.45, 7) is 2.00. The summed E-state index contributed by atoms with van der Waals surface area (Å²) in [5.74, 6) is -0.379. The summed E-state index contributed by atoms with van der Waals surface area (Å²) in [6, 6.07) is 18.5. The van der Waals surface area contributed by atoms with Gasteiger partial charge in [-0.15, -0.1) is 0 Å². The Kier molecular flexibility index (Phi) is 8.87. The highest BCUT2D eigenvalue weighted by molar-refractivity contribution is 9.09. The van der Waals surface area contributed by atoms with E-state index in [2.05, 4.69) is 20.9 Å². The second-order valence-corrected chi connectivity index (χ2v) is 5.93. The molecular weight excluding hydrogens is 356 g/mol. The lowest BCUT2D eigenvalue weighted by Gasteiger charge is -2.09. The number of nitrogens with two attached hydrogens (primary N) is 1. The summed E-state index contributed by atoms with van der Waals surface area (Å²) in [7, 11) is 0. The summed E-state index contributed by atoms with van der Waals surface area (Å²) in [4.78, 5) is 14.5. The molecule has 0 saturated carbocycles. The van der Waals surface area contributed by atoms with E-state index in [9.17, 15) is 9.90 Å². The van der Waals surface area contributed by atoms with E-state index in [-0.39, 0.29) is 10.7 Å². The Labute approximate surface area is 145 Å². The average molecular weight is 377 g/mol. The zero-order chi connectivity index (χ0) is 17.1. The second-order valence-electron chi connectivity index (χ2n) is 4.76. The van der Waals surface area contributed by atoms with Crippen LogP contribution in [0, 0.1) is 0 Å². The first-order chi connectivity index (χ1) is 11.0. The molecule has 2 atom stereocenters. The largest absolute Gasteiger partial charge is 0.371 e. The fraction of sp³-hybridized carbons (Fsp3) is 0.222. The van der Waals surface area contributed by atoms with E-state index < -0.39 is 6.23 Å². The lowest BCUT2D eigenvalue weighted by Crippen LogP contribution is -2.16. The predicted molar refractivity (Wildman–Crippen MR) is 98.0 cm³/mol. The van der Waals surface area contributed by atoms with Crippen LogP contribution in [0.1, 0.15) is 29.3 Å². The van der Waals surface area contributed by atoms with Crippen LogP contribution in [0.3, 0.4) is 0 Å². The van der Waals surface area contributed by atoms with Crippen molar-refractivity contribution in [2.45, 2.75) is 24.4 Å². The van der Waals surface area contributed by atoms with E-state index in [0.717, 1.165) is 12.0 Å². The smallest absolute Gasteiger partial charge is 0.248 e. The van der Waals surface area contributed by atoms with Crippen LogP contribution in [-0.4, -0.2) is 28.3 Å². The quantitative estimate of drug-likeness (QED) is 0.619. The van der Waals surface area contributed by atoms with Gasteiger partial charge in [0.15, 0.2) is 6.23 Å². The van der Waals surface area contributed by atoms with Gasteiger partial charge in [-0.1, -0.05) is 71.4 Å². The molecule has 1 amide bonds. The maximum Gasteiger partial charge on any atom is 0.248 e. The molecule has 23 heavy (non-hydrogen) atoms. The number of carbonyl (C=O) groups excluding carboxylic acids is 1. The lowest BCUT2D eigenvalue weighted by atomic mass is 10.2. The van der Waals surface area contributed by atoms with Crippen molar-refractivity contribution in [3.05, 3.63) is 71.8 Å². The van der Waals surface area contributed by atoms with Crippen molar-refractivity contribution in [3.63, 3.8) is 0 Å². The van der Waals surface area contributed by atoms with E-state index in [4.69, 9.17) is 5.73 Å². The molecule has 2 unspecified atom stereocenters. The fourth-order valence-electron chi connectivity index (χ4n) is 1.61. The van der Waals surface area contributed by atoms with Gasteiger partial charge in [-0.25, -0.2) is 0 Å². The van der Waals surface area contributed by atoms with Gasteiger partial charge in [0.1, 0.15) is 0 Å². The molecule has 0 spiro atoms. The van der Waals surface area contributed by atoms with Crippen molar-refractivity contribution in [2.24, 2.45) is 10.7 Å². The number of nitrogens with zero attached hydrogens (tertiary/aromatic N) is 1. The molecule has 4 nitrogen and oxygen atoms in total.